The number of halogens is 1. The molecule has 25 heavy (non-hydrogen) atoms. The quantitative estimate of drug-likeness (QED) is 0.594. The molecule has 1 saturated carbocycles. The maximum absolute atomic E-state index is 14.7. The van der Waals surface area contributed by atoms with Crippen LogP contribution in [0.25, 0.3) is 0 Å². The Hall–Kier alpha value is -1.96. The molecule has 3 fully saturated rings. The van der Waals surface area contributed by atoms with Crippen molar-refractivity contribution < 1.29 is 13.9 Å². The van der Waals surface area contributed by atoms with Gasteiger partial charge in [-0.1, -0.05) is 6.92 Å². The lowest BCUT2D eigenvalue weighted by molar-refractivity contribution is -0.131. The fraction of sp³-hybridized carbons (Fsp3) is 0.706. The summed E-state index contributed by atoms with van der Waals surface area (Å²) in [6.45, 7) is 6.53. The van der Waals surface area contributed by atoms with E-state index in [4.69, 9.17) is 10.1 Å². The van der Waals surface area contributed by atoms with Gasteiger partial charge in [-0.05, 0) is 26.2 Å². The number of carbonyl (C=O) groups excluding carboxylic acids is 1. The molecule has 4 atom stereocenters. The first-order valence-corrected chi connectivity index (χ1v) is 8.56. The minimum atomic E-state index is -0.817. The molecule has 2 heterocycles. The van der Waals surface area contributed by atoms with E-state index in [0.29, 0.717) is 31.0 Å². The maximum atomic E-state index is 14.7. The molecular weight excluding hydrogens is 325 g/mol. The second-order valence-corrected chi connectivity index (χ2v) is 7.27. The van der Waals surface area contributed by atoms with Gasteiger partial charge in [-0.15, -0.1) is 0 Å². The predicted molar refractivity (Wildman–Crippen MR) is 92.9 cm³/mol. The van der Waals surface area contributed by atoms with Gasteiger partial charge in [-0.2, -0.15) is 0 Å². The van der Waals surface area contributed by atoms with E-state index in [1.54, 1.807) is 14.0 Å². The Morgan fingerprint density at radius 3 is 2.64 bits per heavy atom. The number of ether oxygens (including phenoxy) is 1. The first-order valence-electron chi connectivity index (χ1n) is 8.56. The van der Waals surface area contributed by atoms with E-state index >= 15 is 0 Å². The summed E-state index contributed by atoms with van der Waals surface area (Å²) in [7, 11) is 3.13. The lowest BCUT2D eigenvalue weighted by Crippen LogP contribution is -2.58. The highest BCUT2D eigenvalue weighted by atomic mass is 19.1. The number of methoxy groups -OCH3 is 1. The maximum Gasteiger partial charge on any atom is 0.236 e. The summed E-state index contributed by atoms with van der Waals surface area (Å²) in [5, 5.41) is 10.9. The molecule has 7 nitrogen and oxygen atoms in total. The molecule has 0 bridgehead atoms. The molecule has 2 aliphatic heterocycles. The molecule has 3 aliphatic rings. The van der Waals surface area contributed by atoms with Gasteiger partial charge in [0.15, 0.2) is 11.8 Å². The van der Waals surface area contributed by atoms with Crippen molar-refractivity contribution in [3.63, 3.8) is 0 Å². The summed E-state index contributed by atoms with van der Waals surface area (Å²) in [6, 6.07) is -0.107. The second kappa shape index (κ2) is 6.09. The number of hydrogen-bond donors (Lipinski definition) is 2. The van der Waals surface area contributed by atoms with Crippen LogP contribution in [0.15, 0.2) is 16.5 Å². The van der Waals surface area contributed by atoms with Crippen molar-refractivity contribution in [2.75, 3.05) is 27.2 Å². The van der Waals surface area contributed by atoms with Crippen LogP contribution in [0.5, 0.6) is 0 Å². The Bertz CT molecular complexity index is 672. The van der Waals surface area contributed by atoms with Gasteiger partial charge in [0, 0.05) is 27.2 Å². The van der Waals surface area contributed by atoms with Crippen molar-refractivity contribution in [2.45, 2.75) is 38.8 Å². The van der Waals surface area contributed by atoms with Crippen LogP contribution < -0.4 is 5.32 Å². The Kier molecular flexibility index (Phi) is 4.35. The molecule has 0 aromatic carbocycles. The molecule has 1 amide bonds. The summed E-state index contributed by atoms with van der Waals surface area (Å²) in [5.74, 6) is 0.356. The van der Waals surface area contributed by atoms with Gasteiger partial charge >= 0.3 is 0 Å². The Morgan fingerprint density at radius 2 is 2.08 bits per heavy atom. The highest BCUT2D eigenvalue weighted by molar-refractivity contribution is 6.00. The predicted octanol–water partition coefficient (Wildman–Crippen LogP) is 1.33. The summed E-state index contributed by atoms with van der Waals surface area (Å²) in [4.78, 5) is 20.1. The third kappa shape index (κ3) is 2.82. The highest BCUT2D eigenvalue weighted by Crippen LogP contribution is 2.52. The van der Waals surface area contributed by atoms with Crippen molar-refractivity contribution in [1.82, 2.24) is 15.1 Å². The van der Waals surface area contributed by atoms with Crippen LogP contribution in [0.2, 0.25) is 0 Å². The molecular formula is C17H26FN5O2. The Balaban J connectivity index is 1.76. The van der Waals surface area contributed by atoms with Crippen LogP contribution in [-0.2, 0) is 9.53 Å². The number of nitrogens with one attached hydrogen (secondary N) is 2. The number of aliphatic imine (C=N–C) groups is 1. The van der Waals surface area contributed by atoms with Gasteiger partial charge in [0.1, 0.15) is 11.4 Å². The van der Waals surface area contributed by atoms with Gasteiger partial charge in [0.25, 0.3) is 0 Å². The van der Waals surface area contributed by atoms with E-state index in [1.807, 2.05) is 18.7 Å². The molecule has 2 saturated heterocycles. The number of nitrogens with zero attached hydrogens (tertiary/aromatic N) is 3. The van der Waals surface area contributed by atoms with Crippen LogP contribution in [0.1, 0.15) is 27.2 Å². The zero-order valence-electron chi connectivity index (χ0n) is 15.4. The molecule has 0 aromatic rings. The molecule has 0 aromatic heterocycles. The molecule has 8 heteroatoms. The number of hydrogen-bond acceptors (Lipinski definition) is 4. The van der Waals surface area contributed by atoms with Gasteiger partial charge < -0.3 is 15.0 Å². The van der Waals surface area contributed by atoms with Crippen LogP contribution in [0.3, 0.4) is 0 Å². The fourth-order valence-electron chi connectivity index (χ4n) is 3.84. The number of fused-ring (bicyclic) bond motifs is 1. The number of guanidine groups is 1. The van der Waals surface area contributed by atoms with Crippen molar-refractivity contribution >= 4 is 17.7 Å². The van der Waals surface area contributed by atoms with E-state index in [-0.39, 0.29) is 35.6 Å². The van der Waals surface area contributed by atoms with E-state index in [1.165, 1.54) is 12.0 Å². The van der Waals surface area contributed by atoms with Crippen molar-refractivity contribution in [3.05, 3.63) is 11.5 Å². The minimum Gasteiger partial charge on any atom is -0.371 e. The van der Waals surface area contributed by atoms with Crippen molar-refractivity contribution in [1.29, 1.82) is 5.41 Å². The van der Waals surface area contributed by atoms with Crippen molar-refractivity contribution in [2.24, 2.45) is 16.8 Å². The standard InChI is InChI=1S/C17H26FN5O2/c1-9-6-17(9,25-5)14(18)10(2)20-11(3)23-7-12-13(8-23)21-16(19)22(4)15(12)24/h9,12-13H,6-8H2,1-5H3,(H2,19,21)/b14-10+,20-11?/t9?,12-,13+,17?/m1/s1. The molecule has 3 rings (SSSR count). The van der Waals surface area contributed by atoms with Crippen LogP contribution in [-0.4, -0.2) is 66.4 Å². The average molecular weight is 351 g/mol. The van der Waals surface area contributed by atoms with Crippen molar-refractivity contribution in [3.8, 4) is 0 Å². The number of amidine groups is 1. The second-order valence-electron chi connectivity index (χ2n) is 7.27. The highest BCUT2D eigenvalue weighted by Gasteiger charge is 2.56. The molecule has 2 unspecified atom stereocenters. The smallest absolute Gasteiger partial charge is 0.236 e. The SMILES string of the molecule is COC1(/C(F)=C(/C)N=C(C)N2C[C@@H]3NC(=N)N(C)C(=O)[C@@H]3C2)CC1C. The van der Waals surface area contributed by atoms with E-state index in [0.717, 1.165) is 0 Å². The third-order valence-corrected chi connectivity index (χ3v) is 5.71. The van der Waals surface area contributed by atoms with E-state index in [2.05, 4.69) is 10.3 Å². The first kappa shape index (κ1) is 17.8. The number of rotatable bonds is 3. The molecule has 2 N–H and O–H groups in total. The monoisotopic (exact) mass is 351 g/mol. The normalized spacial score (nSPS) is 36.2. The number of likely N-dealkylation sites (tertiary alicyclic amines) is 1. The molecule has 0 radical (unpaired) electrons. The summed E-state index contributed by atoms with van der Waals surface area (Å²) in [5.41, 5.74) is -0.495. The molecule has 0 spiro atoms. The molecule has 1 aliphatic carbocycles. The van der Waals surface area contributed by atoms with E-state index in [9.17, 15) is 9.18 Å². The van der Waals surface area contributed by atoms with Crippen LogP contribution in [0.4, 0.5) is 4.39 Å². The third-order valence-electron chi connectivity index (χ3n) is 5.71. The Labute approximate surface area is 147 Å². The van der Waals surface area contributed by atoms with Crippen LogP contribution in [0, 0.1) is 17.2 Å². The Morgan fingerprint density at radius 1 is 1.44 bits per heavy atom. The minimum absolute atomic E-state index is 0.0624. The van der Waals surface area contributed by atoms with Gasteiger partial charge in [-0.3, -0.25) is 15.1 Å². The van der Waals surface area contributed by atoms with Gasteiger partial charge in [0.2, 0.25) is 5.91 Å². The summed E-state index contributed by atoms with van der Waals surface area (Å²) in [6.07, 6.45) is 0.669. The van der Waals surface area contributed by atoms with E-state index < -0.39 is 5.60 Å². The number of amides is 1. The summed E-state index contributed by atoms with van der Waals surface area (Å²) < 4.78 is 20.1. The fourth-order valence-corrected chi connectivity index (χ4v) is 3.84. The lowest BCUT2D eigenvalue weighted by Gasteiger charge is -2.32. The average Bonchev–Trinajstić information content (AvgIpc) is 3.05. The summed E-state index contributed by atoms with van der Waals surface area (Å²) >= 11 is 0. The zero-order chi connectivity index (χ0) is 18.5. The number of carbonyl (C=O) groups is 1. The van der Waals surface area contributed by atoms with Gasteiger partial charge in [-0.25, -0.2) is 9.38 Å². The largest absolute Gasteiger partial charge is 0.371 e. The topological polar surface area (TPSA) is 81.0 Å². The lowest BCUT2D eigenvalue weighted by atomic mass is 10.0. The first-order chi connectivity index (χ1) is 11.7. The van der Waals surface area contributed by atoms with Crippen LogP contribution >= 0.6 is 0 Å². The van der Waals surface area contributed by atoms with Gasteiger partial charge in [0.05, 0.1) is 17.7 Å². The molecule has 138 valence electrons. The number of allylic oxidation sites excluding steroid dienone is 1. The zero-order valence-corrected chi connectivity index (χ0v) is 15.4.